The Morgan fingerprint density at radius 3 is 2.57 bits per heavy atom. The minimum Gasteiger partial charge on any atom is -0.350 e. The van der Waals surface area contributed by atoms with Crippen LogP contribution in [-0.4, -0.2) is 8.96 Å². The van der Waals surface area contributed by atoms with Crippen molar-refractivity contribution in [1.29, 1.82) is 0 Å². The van der Waals surface area contributed by atoms with Gasteiger partial charge in [0.1, 0.15) is 8.96 Å². The first-order chi connectivity index (χ1) is 3.31. The lowest BCUT2D eigenvalue weighted by molar-refractivity contribution is 1.06. The Bertz CT molecular complexity index is 54.0. The molecule has 0 aliphatic heterocycles. The summed E-state index contributed by atoms with van der Waals surface area (Å²) < 4.78 is 0. The van der Waals surface area contributed by atoms with Crippen molar-refractivity contribution >= 4 is 8.96 Å². The normalized spacial score (nSPS) is 13.4. The summed E-state index contributed by atoms with van der Waals surface area (Å²) in [4.78, 5) is 0. The molecule has 0 heterocycles. The lowest BCUT2D eigenvalue weighted by Crippen LogP contribution is -2.21. The zero-order valence-electron chi connectivity index (χ0n) is 4.85. The van der Waals surface area contributed by atoms with Crippen LogP contribution >= 0.6 is 0 Å². The molecule has 0 rings (SSSR count). The maximum Gasteiger partial charge on any atom is 0.130 e. The third-order valence-corrected chi connectivity index (χ3v) is 2.77. The highest BCUT2D eigenvalue weighted by Crippen LogP contribution is 1.89. The average molecular weight is 115 g/mol. The predicted octanol–water partition coefficient (Wildman–Crippen LogP) is 0.804. The van der Waals surface area contributed by atoms with Gasteiger partial charge in [-0.2, -0.15) is 0 Å². The van der Waals surface area contributed by atoms with Crippen LogP contribution in [0.3, 0.4) is 0 Å². The van der Waals surface area contributed by atoms with Crippen molar-refractivity contribution in [3.8, 4) is 0 Å². The molecule has 1 atom stereocenters. The van der Waals surface area contributed by atoms with Gasteiger partial charge in [0.2, 0.25) is 0 Å². The lowest BCUT2D eigenvalue weighted by atomic mass is 10.6. The van der Waals surface area contributed by atoms with Crippen LogP contribution < -0.4 is 5.40 Å². The quantitative estimate of drug-likeness (QED) is 0.541. The Morgan fingerprint density at radius 1 is 1.86 bits per heavy atom. The van der Waals surface area contributed by atoms with Gasteiger partial charge in [0.05, 0.1) is 0 Å². The van der Waals surface area contributed by atoms with E-state index in [0.717, 1.165) is 0 Å². The highest BCUT2D eigenvalue weighted by atomic mass is 28.3. The zero-order chi connectivity index (χ0) is 5.70. The monoisotopic (exact) mass is 115 g/mol. The maximum absolute atomic E-state index is 5.60. The molecule has 2 heteroatoms. The Kier molecular flexibility index (Phi) is 4.04. The molecule has 1 nitrogen and oxygen atoms in total. The average Bonchev–Trinajstić information content (AvgIpc) is 1.68. The fourth-order valence-electron chi connectivity index (χ4n) is 0.451. The molecule has 0 aromatic heterocycles. The Hall–Kier alpha value is -0.0831. The minimum atomic E-state index is -0.917. The van der Waals surface area contributed by atoms with E-state index < -0.39 is 8.96 Å². The summed E-state index contributed by atoms with van der Waals surface area (Å²) >= 11 is 0. The molecule has 0 bridgehead atoms. The summed E-state index contributed by atoms with van der Waals surface area (Å²) in [5.74, 6) is 0. The molecule has 0 fully saturated rings. The molecule has 0 aromatic rings. The molecule has 2 N–H and O–H groups in total. The molecular formula is C5H13NSi. The molecule has 0 aliphatic carbocycles. The summed E-state index contributed by atoms with van der Waals surface area (Å²) in [6.45, 7) is 5.77. The van der Waals surface area contributed by atoms with Gasteiger partial charge < -0.3 is 5.40 Å². The van der Waals surface area contributed by atoms with Crippen molar-refractivity contribution in [2.75, 3.05) is 0 Å². The highest BCUT2D eigenvalue weighted by molar-refractivity contribution is 6.60. The second-order valence-corrected chi connectivity index (χ2v) is 4.06. The van der Waals surface area contributed by atoms with E-state index in [-0.39, 0.29) is 0 Å². The molecule has 0 saturated carbocycles. The van der Waals surface area contributed by atoms with Gasteiger partial charge >= 0.3 is 0 Å². The maximum atomic E-state index is 5.60. The van der Waals surface area contributed by atoms with E-state index in [1.807, 2.05) is 5.70 Å². The fraction of sp³-hybridized carbons (Fsp3) is 0.600. The molecule has 0 spiro atoms. The Labute approximate surface area is 46.9 Å². The van der Waals surface area contributed by atoms with Crippen molar-refractivity contribution in [2.45, 2.75) is 19.4 Å². The first kappa shape index (κ1) is 6.92. The molecule has 0 saturated heterocycles. The number of hydrogen-bond donors (Lipinski definition) is 1. The predicted molar refractivity (Wildman–Crippen MR) is 36.6 cm³/mol. The SMILES string of the molecule is C=C[SiH](N)CCC. The summed E-state index contributed by atoms with van der Waals surface area (Å²) in [5, 5.41) is 5.60. The van der Waals surface area contributed by atoms with E-state index in [0.29, 0.717) is 0 Å². The summed E-state index contributed by atoms with van der Waals surface area (Å²) in [7, 11) is -0.917. The van der Waals surface area contributed by atoms with E-state index in [1.165, 1.54) is 12.5 Å². The van der Waals surface area contributed by atoms with Crippen LogP contribution in [0.2, 0.25) is 6.04 Å². The molecule has 1 unspecified atom stereocenters. The summed E-state index contributed by atoms with van der Waals surface area (Å²) in [6, 6.07) is 1.20. The van der Waals surface area contributed by atoms with Gasteiger partial charge in [0, 0.05) is 0 Å². The van der Waals surface area contributed by atoms with Crippen molar-refractivity contribution in [3.63, 3.8) is 0 Å². The third-order valence-electron chi connectivity index (χ3n) is 0.925. The highest BCUT2D eigenvalue weighted by Gasteiger charge is 1.92. The molecule has 0 radical (unpaired) electrons. The van der Waals surface area contributed by atoms with Gasteiger partial charge in [0.25, 0.3) is 0 Å². The van der Waals surface area contributed by atoms with Gasteiger partial charge in [-0.05, 0) is 6.04 Å². The first-order valence-electron chi connectivity index (χ1n) is 2.69. The molecule has 42 valence electrons. The van der Waals surface area contributed by atoms with Crippen molar-refractivity contribution in [3.05, 3.63) is 12.3 Å². The molecule has 0 aliphatic rings. The summed E-state index contributed by atoms with van der Waals surface area (Å²) in [5.41, 5.74) is 1.92. The first-order valence-corrected chi connectivity index (χ1v) is 4.84. The van der Waals surface area contributed by atoms with Crippen molar-refractivity contribution in [2.24, 2.45) is 5.40 Å². The second-order valence-electron chi connectivity index (χ2n) is 1.69. The van der Waals surface area contributed by atoms with Gasteiger partial charge in [-0.15, -0.1) is 6.58 Å². The van der Waals surface area contributed by atoms with Gasteiger partial charge in [-0.1, -0.05) is 19.0 Å². The topological polar surface area (TPSA) is 26.0 Å². The second kappa shape index (κ2) is 4.09. The standard InChI is InChI=1S/C5H13NSi/c1-3-5-7(6)4-2/h4,7H,2-3,5-6H2,1H3. The van der Waals surface area contributed by atoms with Crippen LogP contribution in [-0.2, 0) is 0 Å². The fourth-order valence-corrected chi connectivity index (χ4v) is 1.35. The number of hydrogen-bond acceptors (Lipinski definition) is 1. The number of nitrogens with two attached hydrogens (primary N) is 1. The van der Waals surface area contributed by atoms with Crippen LogP contribution in [0.1, 0.15) is 13.3 Å². The Balaban J connectivity index is 2.98. The molecule has 0 aromatic carbocycles. The smallest absolute Gasteiger partial charge is 0.130 e. The van der Waals surface area contributed by atoms with E-state index in [1.54, 1.807) is 0 Å². The lowest BCUT2D eigenvalue weighted by Gasteiger charge is -1.96. The third kappa shape index (κ3) is 3.75. The largest absolute Gasteiger partial charge is 0.350 e. The molecule has 7 heavy (non-hydrogen) atoms. The van der Waals surface area contributed by atoms with Crippen LogP contribution in [0.5, 0.6) is 0 Å². The van der Waals surface area contributed by atoms with Crippen LogP contribution in [0.4, 0.5) is 0 Å². The van der Waals surface area contributed by atoms with Crippen LogP contribution in [0.25, 0.3) is 0 Å². The molecular weight excluding hydrogens is 102 g/mol. The van der Waals surface area contributed by atoms with Crippen LogP contribution in [0.15, 0.2) is 12.3 Å². The van der Waals surface area contributed by atoms with E-state index >= 15 is 0 Å². The molecule has 0 amide bonds. The van der Waals surface area contributed by atoms with E-state index in [9.17, 15) is 0 Å². The van der Waals surface area contributed by atoms with E-state index in [2.05, 4.69) is 13.5 Å². The van der Waals surface area contributed by atoms with Crippen molar-refractivity contribution in [1.82, 2.24) is 0 Å². The minimum absolute atomic E-state index is 0.917. The number of rotatable bonds is 3. The van der Waals surface area contributed by atoms with Crippen molar-refractivity contribution < 1.29 is 0 Å². The van der Waals surface area contributed by atoms with Crippen LogP contribution in [0, 0.1) is 0 Å². The zero-order valence-corrected chi connectivity index (χ0v) is 6.01. The van der Waals surface area contributed by atoms with E-state index in [4.69, 9.17) is 5.40 Å². The van der Waals surface area contributed by atoms with Gasteiger partial charge in [-0.3, -0.25) is 0 Å². The summed E-state index contributed by atoms with van der Waals surface area (Å²) in [6.07, 6.45) is 1.21. The van der Waals surface area contributed by atoms with Gasteiger partial charge in [-0.25, -0.2) is 0 Å². The Morgan fingerprint density at radius 2 is 2.43 bits per heavy atom. The van der Waals surface area contributed by atoms with Gasteiger partial charge in [0.15, 0.2) is 0 Å².